The lowest BCUT2D eigenvalue weighted by Gasteiger charge is -2.22. The number of ether oxygens (including phenoxy) is 2. The van der Waals surface area contributed by atoms with Crippen molar-refractivity contribution in [3.8, 4) is 5.75 Å². The van der Waals surface area contributed by atoms with Gasteiger partial charge in [0.25, 0.3) is 11.1 Å². The Morgan fingerprint density at radius 1 is 0.882 bits per heavy atom. The Morgan fingerprint density at radius 2 is 1.56 bits per heavy atom. The topological polar surface area (TPSA) is 81.7 Å². The van der Waals surface area contributed by atoms with Crippen molar-refractivity contribution in [2.24, 2.45) is 0 Å². The number of hydrogen-bond acceptors (Lipinski definition) is 6. The number of halogens is 1. The molecule has 0 radical (unpaired) electrons. The van der Waals surface area contributed by atoms with Crippen LogP contribution in [0.4, 0.5) is 9.18 Å². The standard InChI is InChI=1S/C26H22FNO5S/c27-21-10-6-18(7-11-21)14-15-32-22-12-8-19(9-13-22)16-26(23(29)28-25(31)34-26)24(30)33-17-20-4-2-1-3-5-20/h1-13H,14-17H2,(H,28,29,31). The summed E-state index contributed by atoms with van der Waals surface area (Å²) in [5, 5.41) is 1.62. The lowest BCUT2D eigenvalue weighted by molar-refractivity contribution is -0.150. The summed E-state index contributed by atoms with van der Waals surface area (Å²) < 4.78 is 22.5. The SMILES string of the molecule is O=C1NC(=O)C(Cc2ccc(OCCc3ccc(F)cc3)cc2)(C(=O)OCc2ccccc2)S1. The van der Waals surface area contributed by atoms with Crippen LogP contribution in [-0.2, 0) is 33.8 Å². The monoisotopic (exact) mass is 479 g/mol. The molecule has 3 aromatic rings. The number of hydrogen-bond donors (Lipinski definition) is 1. The molecule has 2 amide bonds. The van der Waals surface area contributed by atoms with Crippen molar-refractivity contribution >= 4 is 28.9 Å². The molecular weight excluding hydrogens is 457 g/mol. The lowest BCUT2D eigenvalue weighted by Crippen LogP contribution is -2.46. The van der Waals surface area contributed by atoms with Crippen LogP contribution in [0.25, 0.3) is 0 Å². The third kappa shape index (κ3) is 5.63. The minimum Gasteiger partial charge on any atom is -0.493 e. The molecule has 1 atom stereocenters. The summed E-state index contributed by atoms with van der Waals surface area (Å²) in [7, 11) is 0. The second-order valence-corrected chi connectivity index (χ2v) is 9.05. The van der Waals surface area contributed by atoms with Gasteiger partial charge < -0.3 is 9.47 Å². The normalized spacial score (nSPS) is 17.3. The average Bonchev–Trinajstić information content (AvgIpc) is 3.14. The maximum Gasteiger partial charge on any atom is 0.333 e. The average molecular weight is 480 g/mol. The fraction of sp³-hybridized carbons (Fsp3) is 0.192. The molecular formula is C26H22FNO5S. The molecule has 1 aliphatic rings. The number of benzene rings is 3. The smallest absolute Gasteiger partial charge is 0.333 e. The van der Waals surface area contributed by atoms with Gasteiger partial charge in [-0.05, 0) is 52.7 Å². The molecule has 34 heavy (non-hydrogen) atoms. The zero-order valence-electron chi connectivity index (χ0n) is 18.2. The highest BCUT2D eigenvalue weighted by atomic mass is 32.2. The van der Waals surface area contributed by atoms with Crippen molar-refractivity contribution in [3.63, 3.8) is 0 Å². The molecule has 0 saturated carbocycles. The lowest BCUT2D eigenvalue weighted by atomic mass is 9.97. The van der Waals surface area contributed by atoms with E-state index in [9.17, 15) is 18.8 Å². The van der Waals surface area contributed by atoms with Gasteiger partial charge in [-0.15, -0.1) is 0 Å². The second-order valence-electron chi connectivity index (χ2n) is 7.78. The van der Waals surface area contributed by atoms with Gasteiger partial charge in [0.1, 0.15) is 18.2 Å². The van der Waals surface area contributed by atoms with Crippen LogP contribution in [0.1, 0.15) is 16.7 Å². The third-order valence-corrected chi connectivity index (χ3v) is 6.47. The van der Waals surface area contributed by atoms with E-state index in [2.05, 4.69) is 5.32 Å². The Hall–Kier alpha value is -3.65. The molecule has 1 fully saturated rings. The van der Waals surface area contributed by atoms with Gasteiger partial charge in [0.15, 0.2) is 0 Å². The highest BCUT2D eigenvalue weighted by Crippen LogP contribution is 2.37. The molecule has 174 valence electrons. The first-order valence-corrected chi connectivity index (χ1v) is 11.5. The number of rotatable bonds is 9. The summed E-state index contributed by atoms with van der Waals surface area (Å²) in [5.74, 6) is -1.10. The van der Waals surface area contributed by atoms with E-state index >= 15 is 0 Å². The quantitative estimate of drug-likeness (QED) is 0.361. The fourth-order valence-corrected chi connectivity index (χ4v) is 4.50. The number of nitrogens with one attached hydrogen (secondary N) is 1. The van der Waals surface area contributed by atoms with E-state index in [1.165, 1.54) is 12.1 Å². The second kappa shape index (κ2) is 10.5. The Labute approximate surface area is 200 Å². The van der Waals surface area contributed by atoms with Gasteiger partial charge in [0.2, 0.25) is 4.75 Å². The molecule has 1 heterocycles. The van der Waals surface area contributed by atoms with Crippen molar-refractivity contribution < 1.29 is 28.2 Å². The largest absolute Gasteiger partial charge is 0.493 e. The van der Waals surface area contributed by atoms with Crippen molar-refractivity contribution in [2.75, 3.05) is 6.61 Å². The highest BCUT2D eigenvalue weighted by Gasteiger charge is 2.55. The zero-order chi connectivity index (χ0) is 24.0. The van der Waals surface area contributed by atoms with Crippen LogP contribution in [0.5, 0.6) is 5.75 Å². The number of imide groups is 1. The van der Waals surface area contributed by atoms with Gasteiger partial charge in [-0.1, -0.05) is 54.6 Å². The molecule has 0 bridgehead atoms. The molecule has 0 aliphatic carbocycles. The maximum atomic E-state index is 13.0. The predicted octanol–water partition coefficient (Wildman–Crippen LogP) is 4.45. The number of thioether (sulfide) groups is 1. The first kappa shape index (κ1) is 23.5. The van der Waals surface area contributed by atoms with Gasteiger partial charge in [0, 0.05) is 12.8 Å². The molecule has 3 aromatic carbocycles. The first-order chi connectivity index (χ1) is 16.4. The van der Waals surface area contributed by atoms with Crippen molar-refractivity contribution in [1.29, 1.82) is 0 Å². The minimum atomic E-state index is -1.68. The van der Waals surface area contributed by atoms with Crippen LogP contribution in [0.2, 0.25) is 0 Å². The van der Waals surface area contributed by atoms with Gasteiger partial charge in [-0.25, -0.2) is 9.18 Å². The van der Waals surface area contributed by atoms with E-state index in [0.717, 1.165) is 11.1 Å². The summed E-state index contributed by atoms with van der Waals surface area (Å²) in [6, 6.07) is 22.3. The molecule has 1 unspecified atom stereocenters. The van der Waals surface area contributed by atoms with Crippen LogP contribution in [0.15, 0.2) is 78.9 Å². The Balaban J connectivity index is 1.39. The summed E-state index contributed by atoms with van der Waals surface area (Å²) in [6.07, 6.45) is 0.621. The van der Waals surface area contributed by atoms with Crippen molar-refractivity contribution in [3.05, 3.63) is 101 Å². The molecule has 8 heteroatoms. The Morgan fingerprint density at radius 3 is 2.21 bits per heavy atom. The van der Waals surface area contributed by atoms with E-state index < -0.39 is 21.9 Å². The van der Waals surface area contributed by atoms with Crippen LogP contribution < -0.4 is 10.1 Å². The predicted molar refractivity (Wildman–Crippen MR) is 126 cm³/mol. The summed E-state index contributed by atoms with van der Waals surface area (Å²) in [4.78, 5) is 37.5. The van der Waals surface area contributed by atoms with Crippen molar-refractivity contribution in [1.82, 2.24) is 5.32 Å². The molecule has 0 aromatic heterocycles. The molecule has 1 aliphatic heterocycles. The zero-order valence-corrected chi connectivity index (χ0v) is 19.0. The summed E-state index contributed by atoms with van der Waals surface area (Å²) >= 11 is 0.644. The number of amides is 2. The molecule has 4 rings (SSSR count). The number of esters is 1. The van der Waals surface area contributed by atoms with E-state index in [0.29, 0.717) is 36.1 Å². The van der Waals surface area contributed by atoms with Crippen LogP contribution in [0, 0.1) is 5.82 Å². The van der Waals surface area contributed by atoms with Crippen LogP contribution in [-0.4, -0.2) is 28.5 Å². The van der Waals surface area contributed by atoms with Crippen LogP contribution in [0.3, 0.4) is 0 Å². The van der Waals surface area contributed by atoms with Gasteiger partial charge >= 0.3 is 5.97 Å². The maximum absolute atomic E-state index is 13.0. The van der Waals surface area contributed by atoms with Gasteiger partial charge in [-0.2, -0.15) is 0 Å². The number of carbonyl (C=O) groups is 3. The van der Waals surface area contributed by atoms with Gasteiger partial charge in [0.05, 0.1) is 6.61 Å². The van der Waals surface area contributed by atoms with E-state index in [-0.39, 0.29) is 18.8 Å². The summed E-state index contributed by atoms with van der Waals surface area (Å²) in [5.41, 5.74) is 2.42. The van der Waals surface area contributed by atoms with E-state index in [1.807, 2.05) is 30.3 Å². The fourth-order valence-electron chi connectivity index (χ4n) is 3.52. The van der Waals surface area contributed by atoms with E-state index in [4.69, 9.17) is 9.47 Å². The Kier molecular flexibility index (Phi) is 7.27. The minimum absolute atomic E-state index is 0.00127. The highest BCUT2D eigenvalue weighted by molar-refractivity contribution is 8.16. The van der Waals surface area contributed by atoms with Crippen molar-refractivity contribution in [2.45, 2.75) is 24.2 Å². The Bertz CT molecular complexity index is 1170. The number of carbonyl (C=O) groups excluding carboxylic acids is 3. The van der Waals surface area contributed by atoms with E-state index in [1.54, 1.807) is 36.4 Å². The summed E-state index contributed by atoms with van der Waals surface area (Å²) in [6.45, 7) is 0.414. The first-order valence-electron chi connectivity index (χ1n) is 10.7. The molecule has 1 N–H and O–H groups in total. The molecule has 0 spiro atoms. The molecule has 6 nitrogen and oxygen atoms in total. The van der Waals surface area contributed by atoms with Crippen LogP contribution >= 0.6 is 11.8 Å². The van der Waals surface area contributed by atoms with Gasteiger partial charge in [-0.3, -0.25) is 14.9 Å². The molecule has 1 saturated heterocycles. The third-order valence-electron chi connectivity index (χ3n) is 5.34.